The number of anilines is 1. The van der Waals surface area contributed by atoms with Crippen molar-refractivity contribution in [3.05, 3.63) is 56.9 Å². The smallest absolute Gasteiger partial charge is 0.269 e. The molecule has 3 aliphatic rings. The van der Waals surface area contributed by atoms with E-state index in [4.69, 9.17) is 9.73 Å². The molecule has 5 nitrogen and oxygen atoms in total. The van der Waals surface area contributed by atoms with Crippen LogP contribution in [0.15, 0.2) is 66.8 Å². The maximum Gasteiger partial charge on any atom is 0.269 e. The highest BCUT2D eigenvalue weighted by atomic mass is 79.9. The molecule has 166 valence electrons. The highest BCUT2D eigenvalue weighted by Gasteiger charge is 2.42. The molecule has 1 amide bonds. The number of rotatable bonds is 3. The molecule has 1 saturated carbocycles. The Kier molecular flexibility index (Phi) is 6.27. The number of carbonyl (C=O) groups excluding carboxylic acids is 1. The predicted octanol–water partition coefficient (Wildman–Crippen LogP) is 6.76. The number of amides is 1. The third-order valence-electron chi connectivity index (χ3n) is 6.02. The lowest BCUT2D eigenvalue weighted by molar-refractivity contribution is -0.124. The molecule has 2 aromatic carbocycles. The largest absolute Gasteiger partial charge is 0.497 e. The molecule has 1 aliphatic carbocycles. The summed E-state index contributed by atoms with van der Waals surface area (Å²) in [6.45, 7) is 0. The standard InChI is InChI=1S/C24H24BrN3O2S2/c1-27-19-14-18(30-2)11-12-20(19)31-23(27)21-22(29)28(17-9-4-3-5-10-17)24(32-21)26-16-8-6-7-15(25)13-16/h6-8,11-14,17H,3-5,9-10H2,1-2H3/b23-21-,26-24?. The number of hydrogen-bond acceptors (Lipinski definition) is 6. The minimum atomic E-state index is 0.0739. The fourth-order valence-electron chi connectivity index (χ4n) is 4.36. The van der Waals surface area contributed by atoms with E-state index in [-0.39, 0.29) is 11.9 Å². The Hall–Kier alpha value is -1.90. The first kappa shape index (κ1) is 21.9. The van der Waals surface area contributed by atoms with Crippen LogP contribution in [0, 0.1) is 0 Å². The summed E-state index contributed by atoms with van der Waals surface area (Å²) >= 11 is 6.67. The molecule has 0 aromatic heterocycles. The van der Waals surface area contributed by atoms with E-state index in [2.05, 4.69) is 26.9 Å². The van der Waals surface area contributed by atoms with Crippen molar-refractivity contribution >= 4 is 61.9 Å². The fraction of sp³-hybridized carbons (Fsp3) is 0.333. The number of carbonyl (C=O) groups is 1. The number of fused-ring (bicyclic) bond motifs is 1. The minimum Gasteiger partial charge on any atom is -0.497 e. The van der Waals surface area contributed by atoms with Gasteiger partial charge in [-0.1, -0.05) is 53.0 Å². The van der Waals surface area contributed by atoms with Gasteiger partial charge in [0.25, 0.3) is 5.91 Å². The number of halogens is 1. The monoisotopic (exact) mass is 529 g/mol. The second-order valence-corrected chi connectivity index (χ2v) is 11.0. The zero-order chi connectivity index (χ0) is 22.2. The first-order valence-electron chi connectivity index (χ1n) is 10.7. The van der Waals surface area contributed by atoms with Gasteiger partial charge in [-0.3, -0.25) is 9.69 Å². The van der Waals surface area contributed by atoms with Crippen LogP contribution in [0.4, 0.5) is 11.4 Å². The Bertz CT molecular complexity index is 1130. The van der Waals surface area contributed by atoms with E-state index >= 15 is 0 Å². The molecule has 5 rings (SSSR count). The molecule has 2 aromatic rings. The molecule has 0 N–H and O–H groups in total. The van der Waals surface area contributed by atoms with Crippen LogP contribution in [0.5, 0.6) is 5.75 Å². The molecule has 1 saturated heterocycles. The summed E-state index contributed by atoms with van der Waals surface area (Å²) in [5, 5.41) is 1.74. The summed E-state index contributed by atoms with van der Waals surface area (Å²) in [6.07, 6.45) is 5.64. The summed E-state index contributed by atoms with van der Waals surface area (Å²) in [4.78, 5) is 24.6. The fourth-order valence-corrected chi connectivity index (χ4v) is 7.13. The first-order chi connectivity index (χ1) is 15.5. The number of amidine groups is 1. The molecule has 32 heavy (non-hydrogen) atoms. The van der Waals surface area contributed by atoms with E-state index in [1.54, 1.807) is 18.9 Å². The summed E-state index contributed by atoms with van der Waals surface area (Å²) in [5.74, 6) is 0.887. The number of hydrogen-bond donors (Lipinski definition) is 0. The van der Waals surface area contributed by atoms with Gasteiger partial charge < -0.3 is 9.64 Å². The molecule has 0 atom stereocenters. The highest BCUT2D eigenvalue weighted by molar-refractivity contribution is 9.10. The number of nitrogens with zero attached hydrogens (tertiary/aromatic N) is 3. The second kappa shape index (κ2) is 9.15. The Balaban J connectivity index is 1.55. The van der Waals surface area contributed by atoms with Crippen LogP contribution >= 0.6 is 39.5 Å². The van der Waals surface area contributed by atoms with Gasteiger partial charge in [0.15, 0.2) is 5.17 Å². The second-order valence-electron chi connectivity index (χ2n) is 8.07. The lowest BCUT2D eigenvalue weighted by Crippen LogP contribution is -2.40. The van der Waals surface area contributed by atoms with Crippen LogP contribution in [-0.4, -0.2) is 36.2 Å². The molecule has 0 unspecified atom stereocenters. The van der Waals surface area contributed by atoms with Crippen molar-refractivity contribution in [2.75, 3.05) is 19.1 Å². The Morgan fingerprint density at radius 3 is 2.66 bits per heavy atom. The van der Waals surface area contributed by atoms with Crippen molar-refractivity contribution in [1.29, 1.82) is 0 Å². The van der Waals surface area contributed by atoms with Gasteiger partial charge in [-0.2, -0.15) is 0 Å². The van der Waals surface area contributed by atoms with Crippen LogP contribution in [0.3, 0.4) is 0 Å². The van der Waals surface area contributed by atoms with Gasteiger partial charge in [-0.25, -0.2) is 4.99 Å². The average Bonchev–Trinajstić information content (AvgIpc) is 3.30. The predicted molar refractivity (Wildman–Crippen MR) is 137 cm³/mol. The van der Waals surface area contributed by atoms with E-state index in [1.807, 2.05) is 48.3 Å². The maximum atomic E-state index is 13.8. The number of methoxy groups -OCH3 is 1. The Morgan fingerprint density at radius 1 is 1.09 bits per heavy atom. The van der Waals surface area contributed by atoms with E-state index in [9.17, 15) is 4.79 Å². The van der Waals surface area contributed by atoms with Gasteiger partial charge in [0, 0.05) is 28.5 Å². The van der Waals surface area contributed by atoms with Crippen molar-refractivity contribution < 1.29 is 9.53 Å². The first-order valence-corrected chi connectivity index (χ1v) is 13.2. The number of thioether (sulfide) groups is 2. The molecule has 0 radical (unpaired) electrons. The maximum absolute atomic E-state index is 13.8. The van der Waals surface area contributed by atoms with Gasteiger partial charge in [0.2, 0.25) is 0 Å². The third kappa shape index (κ3) is 4.08. The summed E-state index contributed by atoms with van der Waals surface area (Å²) in [7, 11) is 3.69. The SMILES string of the molecule is COc1ccc2c(c1)N(C)/C(=C1/SC(=Nc3cccc(Br)c3)N(C3CCCCC3)C1=O)S2. The molecule has 2 heterocycles. The van der Waals surface area contributed by atoms with E-state index < -0.39 is 0 Å². The number of benzene rings is 2. The zero-order valence-corrected chi connectivity index (χ0v) is 21.2. The van der Waals surface area contributed by atoms with Crippen LogP contribution in [0.1, 0.15) is 32.1 Å². The van der Waals surface area contributed by atoms with Crippen LogP contribution < -0.4 is 9.64 Å². The summed E-state index contributed by atoms with van der Waals surface area (Å²) in [6, 6.07) is 14.2. The average molecular weight is 531 g/mol. The van der Waals surface area contributed by atoms with Crippen molar-refractivity contribution in [3.8, 4) is 5.75 Å². The van der Waals surface area contributed by atoms with Gasteiger partial charge in [-0.15, -0.1) is 0 Å². The lowest BCUT2D eigenvalue weighted by Gasteiger charge is -2.30. The highest BCUT2D eigenvalue weighted by Crippen LogP contribution is 2.51. The van der Waals surface area contributed by atoms with Crippen molar-refractivity contribution in [1.82, 2.24) is 4.90 Å². The topological polar surface area (TPSA) is 45.1 Å². The van der Waals surface area contributed by atoms with Crippen molar-refractivity contribution in [3.63, 3.8) is 0 Å². The minimum absolute atomic E-state index is 0.0739. The Labute approximate surface area is 205 Å². The van der Waals surface area contributed by atoms with Gasteiger partial charge in [0.1, 0.15) is 10.7 Å². The van der Waals surface area contributed by atoms with Gasteiger partial charge in [0.05, 0.1) is 23.5 Å². The molecule has 0 bridgehead atoms. The number of ether oxygens (including phenoxy) is 1. The molecule has 2 fully saturated rings. The van der Waals surface area contributed by atoms with Crippen molar-refractivity contribution in [2.45, 2.75) is 43.0 Å². The van der Waals surface area contributed by atoms with Gasteiger partial charge >= 0.3 is 0 Å². The molecule has 0 spiro atoms. The molecule has 2 aliphatic heterocycles. The zero-order valence-electron chi connectivity index (χ0n) is 18.0. The summed E-state index contributed by atoms with van der Waals surface area (Å²) < 4.78 is 6.38. The Morgan fingerprint density at radius 2 is 1.91 bits per heavy atom. The van der Waals surface area contributed by atoms with Crippen LogP contribution in [0.25, 0.3) is 0 Å². The van der Waals surface area contributed by atoms with Crippen LogP contribution in [0.2, 0.25) is 0 Å². The molecular weight excluding hydrogens is 506 g/mol. The van der Waals surface area contributed by atoms with E-state index in [0.717, 1.165) is 67.3 Å². The molecular formula is C24H24BrN3O2S2. The normalized spacial score (nSPS) is 22.7. The van der Waals surface area contributed by atoms with E-state index in [1.165, 1.54) is 18.2 Å². The number of aliphatic imine (C=N–C) groups is 1. The quantitative estimate of drug-likeness (QED) is 0.410. The van der Waals surface area contributed by atoms with Crippen LogP contribution in [-0.2, 0) is 4.79 Å². The lowest BCUT2D eigenvalue weighted by atomic mass is 9.94. The molecule has 8 heteroatoms. The third-order valence-corrected chi connectivity index (χ3v) is 8.92. The summed E-state index contributed by atoms with van der Waals surface area (Å²) in [5.41, 5.74) is 1.91. The van der Waals surface area contributed by atoms with Crippen molar-refractivity contribution in [2.24, 2.45) is 4.99 Å². The van der Waals surface area contributed by atoms with E-state index in [0.29, 0.717) is 0 Å². The van der Waals surface area contributed by atoms with Gasteiger partial charge in [-0.05, 0) is 54.9 Å².